The van der Waals surface area contributed by atoms with Crippen molar-refractivity contribution in [2.75, 3.05) is 19.8 Å². The minimum atomic E-state index is -3.15. The molecule has 1 saturated carbocycles. The summed E-state index contributed by atoms with van der Waals surface area (Å²) in [5.74, 6) is 1.24. The number of aliphatic imine (C=N–C) groups is 1. The van der Waals surface area contributed by atoms with Gasteiger partial charge in [0.1, 0.15) is 0 Å². The predicted octanol–water partition coefficient (Wildman–Crippen LogP) is 3.01. The van der Waals surface area contributed by atoms with E-state index in [2.05, 4.69) is 21.7 Å². The highest BCUT2D eigenvalue weighted by Crippen LogP contribution is 2.41. The molecule has 0 aliphatic heterocycles. The van der Waals surface area contributed by atoms with Crippen LogP contribution in [0.5, 0.6) is 0 Å². The van der Waals surface area contributed by atoms with Crippen LogP contribution in [0.4, 0.5) is 0 Å². The van der Waals surface area contributed by atoms with Crippen molar-refractivity contribution < 1.29 is 8.42 Å². The monoisotopic (exact) mass is 405 g/mol. The van der Waals surface area contributed by atoms with Crippen LogP contribution in [0.3, 0.4) is 0 Å². The fraction of sp³-hybridized carbons (Fsp3) is 0.350. The molecule has 0 aromatic heterocycles. The first-order chi connectivity index (χ1) is 12.9. The Morgan fingerprint density at radius 1 is 1.22 bits per heavy atom. The van der Waals surface area contributed by atoms with E-state index in [0.717, 1.165) is 29.4 Å². The zero-order chi connectivity index (χ0) is 19.4. The molecular weight excluding hydrogens is 382 g/mol. The molecule has 1 fully saturated rings. The van der Waals surface area contributed by atoms with Crippen molar-refractivity contribution in [3.05, 3.63) is 64.7 Å². The van der Waals surface area contributed by atoms with Gasteiger partial charge in [0.15, 0.2) is 15.8 Å². The Labute approximate surface area is 165 Å². The molecule has 2 N–H and O–H groups in total. The lowest BCUT2D eigenvalue weighted by Crippen LogP contribution is -2.39. The topological polar surface area (TPSA) is 70.6 Å². The van der Waals surface area contributed by atoms with E-state index >= 15 is 0 Å². The van der Waals surface area contributed by atoms with E-state index in [-0.39, 0.29) is 0 Å². The number of hydrogen-bond acceptors (Lipinski definition) is 3. The molecular formula is C20H24ClN3O2S. The van der Waals surface area contributed by atoms with E-state index in [1.54, 1.807) is 19.2 Å². The molecule has 1 aliphatic rings. The molecule has 2 atom stereocenters. The van der Waals surface area contributed by atoms with Gasteiger partial charge in [-0.2, -0.15) is 0 Å². The minimum Gasteiger partial charge on any atom is -0.356 e. The van der Waals surface area contributed by atoms with Crippen LogP contribution in [-0.2, 0) is 16.3 Å². The Bertz CT molecular complexity index is 926. The molecule has 5 nitrogen and oxygen atoms in total. The fourth-order valence-electron chi connectivity index (χ4n) is 3.06. The third kappa shape index (κ3) is 5.47. The first-order valence-corrected chi connectivity index (χ1v) is 11.2. The Hall–Kier alpha value is -2.05. The average Bonchev–Trinajstić information content (AvgIpc) is 3.40. The first kappa shape index (κ1) is 19.7. The maximum Gasteiger partial charge on any atom is 0.191 e. The van der Waals surface area contributed by atoms with E-state index in [1.807, 2.05) is 30.3 Å². The first-order valence-electron chi connectivity index (χ1n) is 8.88. The van der Waals surface area contributed by atoms with Crippen molar-refractivity contribution in [3.63, 3.8) is 0 Å². The quantitative estimate of drug-likeness (QED) is 0.572. The summed E-state index contributed by atoms with van der Waals surface area (Å²) in [7, 11) is -1.39. The smallest absolute Gasteiger partial charge is 0.191 e. The molecule has 2 aromatic carbocycles. The molecule has 0 spiro atoms. The molecule has 0 radical (unpaired) electrons. The summed E-state index contributed by atoms with van der Waals surface area (Å²) in [4.78, 5) is 4.63. The van der Waals surface area contributed by atoms with E-state index in [0.29, 0.717) is 23.4 Å². The summed E-state index contributed by atoms with van der Waals surface area (Å²) >= 11 is 6.07. The zero-order valence-electron chi connectivity index (χ0n) is 15.4. The molecule has 2 aromatic rings. The number of rotatable bonds is 6. The minimum absolute atomic E-state index is 0.345. The summed E-state index contributed by atoms with van der Waals surface area (Å²) in [6.45, 7) is 0.715. The largest absolute Gasteiger partial charge is 0.356 e. The second kappa shape index (κ2) is 8.31. The van der Waals surface area contributed by atoms with Crippen molar-refractivity contribution in [1.82, 2.24) is 10.6 Å². The second-order valence-electron chi connectivity index (χ2n) is 6.81. The van der Waals surface area contributed by atoms with Gasteiger partial charge in [0, 0.05) is 36.8 Å². The number of nitrogens with one attached hydrogen (secondary N) is 2. The molecule has 2 unspecified atom stereocenters. The molecule has 144 valence electrons. The molecule has 7 heteroatoms. The van der Waals surface area contributed by atoms with Gasteiger partial charge in [-0.1, -0.05) is 35.9 Å². The lowest BCUT2D eigenvalue weighted by molar-refractivity contribution is 0.602. The van der Waals surface area contributed by atoms with Crippen LogP contribution >= 0.6 is 11.6 Å². The van der Waals surface area contributed by atoms with Gasteiger partial charge in [-0.3, -0.25) is 4.99 Å². The van der Waals surface area contributed by atoms with Gasteiger partial charge in [0.05, 0.1) is 4.90 Å². The Kier molecular flexibility index (Phi) is 6.07. The van der Waals surface area contributed by atoms with E-state index in [4.69, 9.17) is 11.6 Å². The summed E-state index contributed by atoms with van der Waals surface area (Å²) in [5, 5.41) is 7.52. The van der Waals surface area contributed by atoms with Gasteiger partial charge in [0.2, 0.25) is 0 Å². The number of halogens is 1. The Morgan fingerprint density at radius 3 is 2.59 bits per heavy atom. The van der Waals surface area contributed by atoms with Gasteiger partial charge in [-0.05, 0) is 48.2 Å². The highest BCUT2D eigenvalue weighted by atomic mass is 35.5. The number of hydrogen-bond donors (Lipinski definition) is 2. The lowest BCUT2D eigenvalue weighted by atomic mass is 10.1. The van der Waals surface area contributed by atoms with Crippen LogP contribution in [0.15, 0.2) is 58.4 Å². The van der Waals surface area contributed by atoms with Crippen LogP contribution in [0.2, 0.25) is 5.02 Å². The average molecular weight is 406 g/mol. The van der Waals surface area contributed by atoms with Crippen molar-refractivity contribution >= 4 is 27.4 Å². The van der Waals surface area contributed by atoms with Crippen molar-refractivity contribution in [1.29, 1.82) is 0 Å². The highest BCUT2D eigenvalue weighted by Gasteiger charge is 2.39. The number of guanidine groups is 1. The Morgan fingerprint density at radius 2 is 1.96 bits per heavy atom. The standard InChI is InChI=1S/C20H24ClN3O2S/c1-22-20(24-19-13-18(19)15-4-3-5-16(21)12-15)23-11-10-14-6-8-17(9-7-14)27(2,25)26/h3-9,12,18-19H,10-11,13H2,1-2H3,(H2,22,23,24). The van der Waals surface area contributed by atoms with Crippen molar-refractivity contribution in [2.45, 2.75) is 29.7 Å². The van der Waals surface area contributed by atoms with E-state index in [1.165, 1.54) is 11.8 Å². The molecule has 0 saturated heterocycles. The Balaban J connectivity index is 1.46. The molecule has 0 amide bonds. The summed E-state index contributed by atoms with van der Waals surface area (Å²) < 4.78 is 23.0. The van der Waals surface area contributed by atoms with Gasteiger partial charge in [-0.15, -0.1) is 0 Å². The number of sulfone groups is 1. The van der Waals surface area contributed by atoms with Crippen molar-refractivity contribution in [2.24, 2.45) is 4.99 Å². The van der Waals surface area contributed by atoms with Crippen LogP contribution in [-0.4, -0.2) is 40.3 Å². The predicted molar refractivity (Wildman–Crippen MR) is 110 cm³/mol. The lowest BCUT2D eigenvalue weighted by Gasteiger charge is -2.12. The van der Waals surface area contributed by atoms with Gasteiger partial charge >= 0.3 is 0 Å². The number of nitrogens with zero attached hydrogens (tertiary/aromatic N) is 1. The fourth-order valence-corrected chi connectivity index (χ4v) is 3.89. The molecule has 0 heterocycles. The van der Waals surface area contributed by atoms with Crippen LogP contribution in [0, 0.1) is 0 Å². The van der Waals surface area contributed by atoms with Gasteiger partial charge < -0.3 is 10.6 Å². The maximum absolute atomic E-state index is 11.5. The second-order valence-corrected chi connectivity index (χ2v) is 9.27. The van der Waals surface area contributed by atoms with E-state index in [9.17, 15) is 8.42 Å². The van der Waals surface area contributed by atoms with Crippen molar-refractivity contribution in [3.8, 4) is 0 Å². The highest BCUT2D eigenvalue weighted by molar-refractivity contribution is 7.90. The molecule has 0 bridgehead atoms. The third-order valence-electron chi connectivity index (χ3n) is 4.67. The maximum atomic E-state index is 11.5. The van der Waals surface area contributed by atoms with Gasteiger partial charge in [-0.25, -0.2) is 8.42 Å². The SMILES string of the molecule is CN=C(NCCc1ccc(S(C)(=O)=O)cc1)NC1CC1c1cccc(Cl)c1. The molecule has 1 aliphatic carbocycles. The van der Waals surface area contributed by atoms with Crippen LogP contribution in [0.25, 0.3) is 0 Å². The van der Waals surface area contributed by atoms with Crippen LogP contribution < -0.4 is 10.6 Å². The molecule has 3 rings (SSSR count). The summed E-state index contributed by atoms with van der Waals surface area (Å²) in [6.07, 6.45) is 3.06. The third-order valence-corrected chi connectivity index (χ3v) is 6.03. The number of benzene rings is 2. The summed E-state index contributed by atoms with van der Waals surface area (Å²) in [5.41, 5.74) is 2.33. The summed E-state index contributed by atoms with van der Waals surface area (Å²) in [6, 6.07) is 15.4. The van der Waals surface area contributed by atoms with Crippen LogP contribution in [0.1, 0.15) is 23.5 Å². The van der Waals surface area contributed by atoms with E-state index < -0.39 is 9.84 Å². The molecule has 27 heavy (non-hydrogen) atoms. The zero-order valence-corrected chi connectivity index (χ0v) is 17.0. The van der Waals surface area contributed by atoms with Gasteiger partial charge in [0.25, 0.3) is 0 Å². The normalized spacial score (nSPS) is 19.6.